The zero-order valence-corrected chi connectivity index (χ0v) is 19.8. The quantitative estimate of drug-likeness (QED) is 0.467. The van der Waals surface area contributed by atoms with E-state index in [0.29, 0.717) is 29.5 Å². The summed E-state index contributed by atoms with van der Waals surface area (Å²) in [5, 5.41) is 6.77. The molecule has 2 N–H and O–H groups in total. The van der Waals surface area contributed by atoms with Gasteiger partial charge in [-0.15, -0.1) is 0 Å². The molecule has 33 heavy (non-hydrogen) atoms. The first-order valence-electron chi connectivity index (χ1n) is 11.2. The van der Waals surface area contributed by atoms with Crippen LogP contribution in [0.1, 0.15) is 31.7 Å². The highest BCUT2D eigenvalue weighted by atomic mass is 32.1. The van der Waals surface area contributed by atoms with E-state index < -0.39 is 0 Å². The fraction of sp³-hybridized carbons (Fsp3) is 0.320. The number of hydrogen-bond donors (Lipinski definition) is 2. The van der Waals surface area contributed by atoms with Gasteiger partial charge in [-0.2, -0.15) is 9.97 Å². The Morgan fingerprint density at radius 1 is 1.06 bits per heavy atom. The highest BCUT2D eigenvalue weighted by molar-refractivity contribution is 7.80. The summed E-state index contributed by atoms with van der Waals surface area (Å²) in [7, 11) is 1.65. The van der Waals surface area contributed by atoms with Gasteiger partial charge in [0.1, 0.15) is 17.3 Å². The van der Waals surface area contributed by atoms with Crippen molar-refractivity contribution in [3.05, 3.63) is 66.2 Å². The van der Waals surface area contributed by atoms with Crippen LogP contribution in [0.2, 0.25) is 0 Å². The molecule has 2 aromatic carbocycles. The molecule has 0 aliphatic carbocycles. The molecule has 1 atom stereocenters. The van der Waals surface area contributed by atoms with E-state index in [1.54, 1.807) is 7.11 Å². The molecule has 1 aliphatic heterocycles. The van der Waals surface area contributed by atoms with Gasteiger partial charge in [0.25, 0.3) is 0 Å². The third-order valence-corrected chi connectivity index (χ3v) is 5.84. The monoisotopic (exact) mass is 463 g/mol. The van der Waals surface area contributed by atoms with E-state index in [-0.39, 0.29) is 0 Å². The van der Waals surface area contributed by atoms with E-state index in [2.05, 4.69) is 27.4 Å². The van der Waals surface area contributed by atoms with Gasteiger partial charge in [-0.25, -0.2) is 0 Å². The van der Waals surface area contributed by atoms with Crippen LogP contribution in [0.4, 0.5) is 11.8 Å². The number of methoxy groups -OCH3 is 1. The number of piperidine rings is 1. The normalized spacial score (nSPS) is 15.6. The fourth-order valence-corrected chi connectivity index (χ4v) is 3.95. The van der Waals surface area contributed by atoms with Crippen molar-refractivity contribution in [3.63, 3.8) is 0 Å². The Morgan fingerprint density at radius 3 is 2.58 bits per heavy atom. The van der Waals surface area contributed by atoms with Crippen molar-refractivity contribution < 1.29 is 9.47 Å². The lowest BCUT2D eigenvalue weighted by atomic mass is 10.0. The molecule has 1 aliphatic rings. The molecule has 0 saturated carbocycles. The second-order valence-electron chi connectivity index (χ2n) is 8.00. The Kier molecular flexibility index (Phi) is 7.57. The standard InChI is InChI=1S/C25H29N5O2S/c1-18-8-6-7-15-30(18)22-16-23(32-21-9-4-3-5-10-21)28-24(27-22)29-25(33)26-17-19-11-13-20(31-2)14-12-19/h3-5,9-14,16,18H,6-8,15,17H2,1-2H3,(H2,26,27,28,29,33)/t18-/m0/s1. The summed E-state index contributed by atoms with van der Waals surface area (Å²) in [6, 6.07) is 19.8. The van der Waals surface area contributed by atoms with Crippen LogP contribution < -0.4 is 25.0 Å². The highest BCUT2D eigenvalue weighted by Crippen LogP contribution is 2.28. The summed E-state index contributed by atoms with van der Waals surface area (Å²) < 4.78 is 11.2. The lowest BCUT2D eigenvalue weighted by molar-refractivity contribution is 0.414. The van der Waals surface area contributed by atoms with Gasteiger partial charge in [-0.05, 0) is 68.2 Å². The average molecular weight is 464 g/mol. The van der Waals surface area contributed by atoms with Gasteiger partial charge in [0.05, 0.1) is 7.11 Å². The van der Waals surface area contributed by atoms with Gasteiger partial charge in [0.2, 0.25) is 11.8 Å². The molecule has 0 spiro atoms. The van der Waals surface area contributed by atoms with Crippen LogP contribution in [-0.2, 0) is 6.54 Å². The summed E-state index contributed by atoms with van der Waals surface area (Å²) in [5.41, 5.74) is 1.09. The number of rotatable bonds is 7. The predicted octanol–water partition coefficient (Wildman–Crippen LogP) is 5.14. The topological polar surface area (TPSA) is 71.5 Å². The van der Waals surface area contributed by atoms with Crippen molar-refractivity contribution in [3.8, 4) is 17.4 Å². The molecular weight excluding hydrogens is 434 g/mol. The zero-order chi connectivity index (χ0) is 23.0. The highest BCUT2D eigenvalue weighted by Gasteiger charge is 2.21. The first kappa shape index (κ1) is 22.8. The zero-order valence-electron chi connectivity index (χ0n) is 19.0. The van der Waals surface area contributed by atoms with E-state index >= 15 is 0 Å². The number of para-hydroxylation sites is 1. The minimum absolute atomic E-state index is 0.406. The SMILES string of the molecule is COc1ccc(CNC(=S)Nc2nc(Oc3ccccc3)cc(N3CCCC[C@@H]3C)n2)cc1. The van der Waals surface area contributed by atoms with Crippen LogP contribution in [0.3, 0.4) is 0 Å². The first-order chi connectivity index (χ1) is 16.1. The van der Waals surface area contributed by atoms with Crippen molar-refractivity contribution in [1.82, 2.24) is 15.3 Å². The number of anilines is 2. The molecule has 1 saturated heterocycles. The van der Waals surface area contributed by atoms with Crippen molar-refractivity contribution >= 4 is 29.1 Å². The van der Waals surface area contributed by atoms with Gasteiger partial charge >= 0.3 is 0 Å². The molecule has 0 bridgehead atoms. The Morgan fingerprint density at radius 2 is 1.85 bits per heavy atom. The molecule has 1 aromatic heterocycles. The lowest BCUT2D eigenvalue weighted by Crippen LogP contribution is -2.38. The molecule has 4 rings (SSSR count). The average Bonchev–Trinajstić information content (AvgIpc) is 2.84. The molecule has 172 valence electrons. The maximum atomic E-state index is 6.03. The number of nitrogens with one attached hydrogen (secondary N) is 2. The molecular formula is C25H29N5O2S. The second-order valence-corrected chi connectivity index (χ2v) is 8.41. The van der Waals surface area contributed by atoms with Crippen molar-refractivity contribution in [1.29, 1.82) is 0 Å². The number of nitrogens with zero attached hydrogens (tertiary/aromatic N) is 3. The van der Waals surface area contributed by atoms with E-state index in [9.17, 15) is 0 Å². The van der Waals surface area contributed by atoms with Crippen molar-refractivity contribution in [2.75, 3.05) is 23.9 Å². The Balaban J connectivity index is 1.49. The van der Waals surface area contributed by atoms with Crippen molar-refractivity contribution in [2.24, 2.45) is 0 Å². The molecule has 0 amide bonds. The fourth-order valence-electron chi connectivity index (χ4n) is 3.79. The van der Waals surface area contributed by atoms with Gasteiger partial charge in [-0.3, -0.25) is 0 Å². The van der Waals surface area contributed by atoms with Crippen LogP contribution in [-0.4, -0.2) is 34.8 Å². The maximum absolute atomic E-state index is 6.03. The minimum atomic E-state index is 0.406. The summed E-state index contributed by atoms with van der Waals surface area (Å²) in [4.78, 5) is 11.6. The number of ether oxygens (including phenoxy) is 2. The number of benzene rings is 2. The maximum Gasteiger partial charge on any atom is 0.234 e. The van der Waals surface area contributed by atoms with Crippen LogP contribution >= 0.6 is 12.2 Å². The van der Waals surface area contributed by atoms with E-state index in [1.807, 2.05) is 60.7 Å². The van der Waals surface area contributed by atoms with Gasteiger partial charge in [0, 0.05) is 25.2 Å². The van der Waals surface area contributed by atoms with E-state index in [1.165, 1.54) is 6.42 Å². The first-order valence-corrected chi connectivity index (χ1v) is 11.6. The van der Waals surface area contributed by atoms with E-state index in [4.69, 9.17) is 26.7 Å². The molecule has 7 nitrogen and oxygen atoms in total. The van der Waals surface area contributed by atoms with Crippen LogP contribution in [0.15, 0.2) is 60.7 Å². The molecule has 2 heterocycles. The van der Waals surface area contributed by atoms with Crippen molar-refractivity contribution in [2.45, 2.75) is 38.8 Å². The summed E-state index contributed by atoms with van der Waals surface area (Å²) in [6.45, 7) is 3.77. The smallest absolute Gasteiger partial charge is 0.234 e. The third-order valence-electron chi connectivity index (χ3n) is 5.59. The number of hydrogen-bond acceptors (Lipinski definition) is 6. The van der Waals surface area contributed by atoms with Crippen LogP contribution in [0.5, 0.6) is 17.4 Å². The summed E-state index contributed by atoms with van der Waals surface area (Å²) in [6.07, 6.45) is 3.53. The Labute approximate surface area is 200 Å². The van der Waals surface area contributed by atoms with E-state index in [0.717, 1.165) is 42.3 Å². The Hall–Kier alpha value is -3.39. The van der Waals surface area contributed by atoms with Crippen LogP contribution in [0.25, 0.3) is 0 Å². The molecule has 8 heteroatoms. The number of aromatic nitrogens is 2. The van der Waals surface area contributed by atoms with Gasteiger partial charge in [-0.1, -0.05) is 30.3 Å². The molecule has 0 radical (unpaired) electrons. The van der Waals surface area contributed by atoms with Gasteiger partial charge < -0.3 is 25.0 Å². The second kappa shape index (κ2) is 11.0. The molecule has 3 aromatic rings. The third kappa shape index (κ3) is 6.32. The number of thiocarbonyl (C=S) groups is 1. The van der Waals surface area contributed by atoms with Crippen LogP contribution in [0, 0.1) is 0 Å². The van der Waals surface area contributed by atoms with Gasteiger partial charge in [0.15, 0.2) is 5.11 Å². The lowest BCUT2D eigenvalue weighted by Gasteiger charge is -2.34. The predicted molar refractivity (Wildman–Crippen MR) is 135 cm³/mol. The minimum Gasteiger partial charge on any atom is -0.497 e. The largest absolute Gasteiger partial charge is 0.497 e. The molecule has 0 unspecified atom stereocenters. The molecule has 1 fully saturated rings. The summed E-state index contributed by atoms with van der Waals surface area (Å²) in [5.74, 6) is 3.26. The summed E-state index contributed by atoms with van der Waals surface area (Å²) >= 11 is 5.50. The Bertz CT molecular complexity index is 1060.